The number of hydrogen-bond acceptors (Lipinski definition) is 2. The normalized spacial score (nSPS) is 18.2. The zero-order chi connectivity index (χ0) is 14.3. The van der Waals surface area contributed by atoms with E-state index in [1.165, 1.54) is 0 Å². The summed E-state index contributed by atoms with van der Waals surface area (Å²) >= 11 is 0. The summed E-state index contributed by atoms with van der Waals surface area (Å²) in [6.07, 6.45) is 3.60. The van der Waals surface area contributed by atoms with Gasteiger partial charge in [-0.15, -0.1) is 0 Å². The Morgan fingerprint density at radius 1 is 1.10 bits per heavy atom. The van der Waals surface area contributed by atoms with Crippen LogP contribution in [0.3, 0.4) is 0 Å². The molecule has 0 aliphatic carbocycles. The van der Waals surface area contributed by atoms with Crippen molar-refractivity contribution in [3.05, 3.63) is 65.5 Å². The molecule has 1 aliphatic rings. The van der Waals surface area contributed by atoms with Crippen LogP contribution in [0.5, 0.6) is 0 Å². The number of amides is 1. The highest BCUT2D eigenvalue weighted by Gasteiger charge is 2.42. The highest BCUT2D eigenvalue weighted by Crippen LogP contribution is 2.42. The summed E-state index contributed by atoms with van der Waals surface area (Å²) in [4.78, 5) is 18.9. The third kappa shape index (κ3) is 1.90. The van der Waals surface area contributed by atoms with Gasteiger partial charge < -0.3 is 4.90 Å². The van der Waals surface area contributed by atoms with Gasteiger partial charge in [-0.1, -0.05) is 24.3 Å². The number of carbonyl (C=O) groups is 1. The molecule has 1 aliphatic heterocycles. The van der Waals surface area contributed by atoms with Crippen LogP contribution in [0.2, 0.25) is 0 Å². The van der Waals surface area contributed by atoms with Gasteiger partial charge in [-0.3, -0.25) is 9.78 Å². The summed E-state index contributed by atoms with van der Waals surface area (Å²) in [5.41, 5.74) is 2.69. The van der Waals surface area contributed by atoms with Gasteiger partial charge in [0.2, 0.25) is 0 Å². The van der Waals surface area contributed by atoms with E-state index in [0.717, 1.165) is 16.7 Å². The molecule has 1 amide bonds. The molecule has 2 heterocycles. The van der Waals surface area contributed by atoms with Crippen LogP contribution in [0.15, 0.2) is 48.8 Å². The zero-order valence-corrected chi connectivity index (χ0v) is 12.0. The molecule has 102 valence electrons. The van der Waals surface area contributed by atoms with E-state index in [1.807, 2.05) is 47.5 Å². The van der Waals surface area contributed by atoms with Crippen LogP contribution in [-0.2, 0) is 0 Å². The van der Waals surface area contributed by atoms with Crippen LogP contribution in [-0.4, -0.2) is 21.3 Å². The molecule has 0 fully saturated rings. The van der Waals surface area contributed by atoms with E-state index >= 15 is 0 Å². The van der Waals surface area contributed by atoms with E-state index in [1.54, 1.807) is 6.20 Å². The molecule has 1 unspecified atom stereocenters. The predicted molar refractivity (Wildman–Crippen MR) is 78.4 cm³/mol. The van der Waals surface area contributed by atoms with Crippen molar-refractivity contribution >= 4 is 5.91 Å². The maximum atomic E-state index is 12.7. The minimum Gasteiger partial charge on any atom is -0.323 e. The van der Waals surface area contributed by atoms with Gasteiger partial charge in [0.1, 0.15) is 0 Å². The number of aromatic nitrogens is 1. The lowest BCUT2D eigenvalue weighted by molar-refractivity contribution is 0.0551. The number of nitrogens with zero attached hydrogens (tertiary/aromatic N) is 2. The van der Waals surface area contributed by atoms with Crippen molar-refractivity contribution in [3.8, 4) is 0 Å². The van der Waals surface area contributed by atoms with Crippen molar-refractivity contribution in [2.24, 2.45) is 0 Å². The standard InChI is InChI=1S/C17H18N2O/c1-17(2,3)19-15(12-7-6-10-18-11-12)13-8-4-5-9-14(13)16(19)20/h4-11,15H,1-3H3. The lowest BCUT2D eigenvalue weighted by Crippen LogP contribution is -2.44. The Kier molecular flexibility index (Phi) is 2.85. The van der Waals surface area contributed by atoms with Crippen LogP contribution in [0.4, 0.5) is 0 Å². The zero-order valence-electron chi connectivity index (χ0n) is 12.0. The van der Waals surface area contributed by atoms with Gasteiger partial charge in [0.15, 0.2) is 0 Å². The Bertz CT molecular complexity index is 644. The maximum absolute atomic E-state index is 12.7. The molecule has 3 heteroatoms. The summed E-state index contributed by atoms with van der Waals surface area (Å²) in [6.45, 7) is 6.21. The molecule has 1 aromatic carbocycles. The second-order valence-electron chi connectivity index (χ2n) is 6.12. The number of hydrogen-bond donors (Lipinski definition) is 0. The predicted octanol–water partition coefficient (Wildman–Crippen LogP) is 3.43. The summed E-state index contributed by atoms with van der Waals surface area (Å²) in [5, 5.41) is 0. The number of benzene rings is 1. The fourth-order valence-corrected chi connectivity index (χ4v) is 2.87. The molecule has 0 radical (unpaired) electrons. The van der Waals surface area contributed by atoms with Gasteiger partial charge in [-0.25, -0.2) is 0 Å². The van der Waals surface area contributed by atoms with E-state index in [4.69, 9.17) is 0 Å². The third-order valence-electron chi connectivity index (χ3n) is 3.69. The SMILES string of the molecule is CC(C)(C)N1C(=O)c2ccccc2C1c1cccnc1. The summed E-state index contributed by atoms with van der Waals surface area (Å²) in [5.74, 6) is 0.0990. The largest absolute Gasteiger partial charge is 0.323 e. The molecule has 3 rings (SSSR count). The average Bonchev–Trinajstić information content (AvgIpc) is 2.74. The van der Waals surface area contributed by atoms with E-state index in [-0.39, 0.29) is 17.5 Å². The lowest BCUT2D eigenvalue weighted by Gasteiger charge is -2.37. The van der Waals surface area contributed by atoms with Crippen molar-refractivity contribution < 1.29 is 4.79 Å². The molecule has 0 bridgehead atoms. The highest BCUT2D eigenvalue weighted by atomic mass is 16.2. The first-order valence-electron chi connectivity index (χ1n) is 6.82. The molecule has 0 saturated carbocycles. The Morgan fingerprint density at radius 2 is 1.85 bits per heavy atom. The summed E-state index contributed by atoms with van der Waals surface area (Å²) in [6, 6.07) is 11.8. The van der Waals surface area contributed by atoms with Crippen LogP contribution in [0.25, 0.3) is 0 Å². The van der Waals surface area contributed by atoms with Gasteiger partial charge in [0, 0.05) is 23.5 Å². The highest BCUT2D eigenvalue weighted by molar-refractivity contribution is 6.00. The lowest BCUT2D eigenvalue weighted by atomic mass is 9.96. The molecule has 20 heavy (non-hydrogen) atoms. The quantitative estimate of drug-likeness (QED) is 0.792. The summed E-state index contributed by atoms with van der Waals surface area (Å²) < 4.78 is 0. The van der Waals surface area contributed by atoms with Crippen LogP contribution in [0, 0.1) is 0 Å². The van der Waals surface area contributed by atoms with Gasteiger partial charge in [-0.05, 0) is 44.0 Å². The van der Waals surface area contributed by atoms with Gasteiger partial charge >= 0.3 is 0 Å². The molecule has 0 spiro atoms. The minimum absolute atomic E-state index is 0.0487. The summed E-state index contributed by atoms with van der Waals surface area (Å²) in [7, 11) is 0. The number of pyridine rings is 1. The first-order chi connectivity index (χ1) is 9.50. The first kappa shape index (κ1) is 12.9. The smallest absolute Gasteiger partial charge is 0.255 e. The Labute approximate surface area is 119 Å². The van der Waals surface area contributed by atoms with Crippen molar-refractivity contribution in [3.63, 3.8) is 0 Å². The van der Waals surface area contributed by atoms with Crippen LogP contribution >= 0.6 is 0 Å². The van der Waals surface area contributed by atoms with E-state index in [2.05, 4.69) is 25.8 Å². The molecular weight excluding hydrogens is 248 g/mol. The molecular formula is C17H18N2O. The van der Waals surface area contributed by atoms with Gasteiger partial charge in [-0.2, -0.15) is 0 Å². The molecule has 1 atom stereocenters. The maximum Gasteiger partial charge on any atom is 0.255 e. The Hall–Kier alpha value is -2.16. The van der Waals surface area contributed by atoms with Gasteiger partial charge in [0.05, 0.1) is 6.04 Å². The number of fused-ring (bicyclic) bond motifs is 1. The van der Waals surface area contributed by atoms with Crippen LogP contribution < -0.4 is 0 Å². The van der Waals surface area contributed by atoms with Crippen molar-refractivity contribution in [1.29, 1.82) is 0 Å². The van der Waals surface area contributed by atoms with E-state index in [0.29, 0.717) is 0 Å². The Morgan fingerprint density at radius 3 is 2.50 bits per heavy atom. The third-order valence-corrected chi connectivity index (χ3v) is 3.69. The van der Waals surface area contributed by atoms with Crippen LogP contribution in [0.1, 0.15) is 48.3 Å². The molecule has 0 N–H and O–H groups in total. The second kappa shape index (κ2) is 4.44. The average molecular weight is 266 g/mol. The monoisotopic (exact) mass is 266 g/mol. The topological polar surface area (TPSA) is 33.2 Å². The molecule has 3 nitrogen and oxygen atoms in total. The minimum atomic E-state index is -0.239. The Balaban J connectivity index is 2.20. The fraction of sp³-hybridized carbons (Fsp3) is 0.294. The second-order valence-corrected chi connectivity index (χ2v) is 6.12. The van der Waals surface area contributed by atoms with Gasteiger partial charge in [0.25, 0.3) is 5.91 Å². The van der Waals surface area contributed by atoms with Crippen molar-refractivity contribution in [1.82, 2.24) is 9.88 Å². The number of carbonyl (C=O) groups excluding carboxylic acids is 1. The molecule has 1 aromatic heterocycles. The molecule has 2 aromatic rings. The van der Waals surface area contributed by atoms with E-state index < -0.39 is 0 Å². The number of rotatable bonds is 1. The van der Waals surface area contributed by atoms with Crippen molar-refractivity contribution in [2.75, 3.05) is 0 Å². The van der Waals surface area contributed by atoms with E-state index in [9.17, 15) is 4.79 Å². The first-order valence-corrected chi connectivity index (χ1v) is 6.82. The van der Waals surface area contributed by atoms with Crippen molar-refractivity contribution in [2.45, 2.75) is 32.4 Å². The molecule has 0 saturated heterocycles. The fourth-order valence-electron chi connectivity index (χ4n) is 2.87.